The first-order valence-electron chi connectivity index (χ1n) is 11.4. The molecule has 0 aromatic rings. The Morgan fingerprint density at radius 1 is 0.400 bits per heavy atom. The maximum atomic E-state index is 2.69. The van der Waals surface area contributed by atoms with E-state index < -0.39 is 0 Å². The molecular weight excluding hydrogens is 300 g/mol. The molecule has 0 spiro atoms. The molecule has 8 fully saturated rings. The summed E-state index contributed by atoms with van der Waals surface area (Å²) in [5.74, 6) is 1.06. The third-order valence-electron chi connectivity index (χ3n) is 10.6. The second kappa shape index (κ2) is 3.91. The monoisotopic (exact) mass is 340 g/mol. The lowest BCUT2D eigenvalue weighted by atomic mass is 9.27. The van der Waals surface area contributed by atoms with Gasteiger partial charge in [-0.25, -0.2) is 0 Å². The summed E-state index contributed by atoms with van der Waals surface area (Å²) in [4.78, 5) is 0. The van der Waals surface area contributed by atoms with E-state index in [4.69, 9.17) is 0 Å². The lowest BCUT2D eigenvalue weighted by Gasteiger charge is -2.78. The zero-order valence-corrected chi connectivity index (χ0v) is 17.6. The standard InChI is InChI=1S/C25H40/c1-19-6-18-7-20(2,9-19)14-24(8-18,13-19)25-15-21(3)10-22(4,16-25)12-23(5,11-21)17-25/h18H,6-17H2,1-5H3. The fourth-order valence-electron chi connectivity index (χ4n) is 12.9. The van der Waals surface area contributed by atoms with Gasteiger partial charge in [-0.05, 0) is 121 Å². The molecule has 0 aliphatic heterocycles. The lowest BCUT2D eigenvalue weighted by Crippen LogP contribution is -2.68. The fourth-order valence-corrected chi connectivity index (χ4v) is 12.9. The molecule has 0 amide bonds. The molecule has 0 aromatic carbocycles. The number of rotatable bonds is 1. The maximum absolute atomic E-state index is 2.69. The van der Waals surface area contributed by atoms with Crippen molar-refractivity contribution in [1.82, 2.24) is 0 Å². The minimum atomic E-state index is 0.656. The van der Waals surface area contributed by atoms with Crippen LogP contribution >= 0.6 is 0 Å². The van der Waals surface area contributed by atoms with Gasteiger partial charge in [-0.1, -0.05) is 34.6 Å². The van der Waals surface area contributed by atoms with Crippen molar-refractivity contribution in [2.45, 2.75) is 112 Å². The third kappa shape index (κ3) is 1.91. The molecule has 25 heavy (non-hydrogen) atoms. The smallest absolute Gasteiger partial charge is 0.0225 e. The van der Waals surface area contributed by atoms with Crippen LogP contribution < -0.4 is 0 Å². The Morgan fingerprint density at radius 3 is 1.16 bits per heavy atom. The highest BCUT2D eigenvalue weighted by Crippen LogP contribution is 2.83. The van der Waals surface area contributed by atoms with E-state index in [1.807, 2.05) is 0 Å². The van der Waals surface area contributed by atoms with Crippen molar-refractivity contribution < 1.29 is 0 Å². The van der Waals surface area contributed by atoms with E-state index in [1.165, 1.54) is 19.3 Å². The Hall–Kier alpha value is 0. The van der Waals surface area contributed by atoms with E-state index in [1.54, 1.807) is 57.8 Å². The molecule has 8 aliphatic rings. The van der Waals surface area contributed by atoms with E-state index >= 15 is 0 Å². The summed E-state index contributed by atoms with van der Waals surface area (Å²) >= 11 is 0. The van der Waals surface area contributed by atoms with Gasteiger partial charge in [-0.2, -0.15) is 0 Å². The molecular formula is C25H40. The van der Waals surface area contributed by atoms with Crippen LogP contribution in [-0.4, -0.2) is 0 Å². The van der Waals surface area contributed by atoms with Gasteiger partial charge >= 0.3 is 0 Å². The van der Waals surface area contributed by atoms with E-state index in [2.05, 4.69) is 34.6 Å². The minimum Gasteiger partial charge on any atom is -0.0596 e. The molecule has 0 N–H and O–H groups in total. The van der Waals surface area contributed by atoms with Crippen LogP contribution in [0.4, 0.5) is 0 Å². The largest absolute Gasteiger partial charge is 0.0596 e. The first-order valence-corrected chi connectivity index (χ1v) is 11.4. The Kier molecular flexibility index (Phi) is 2.50. The van der Waals surface area contributed by atoms with Crippen LogP contribution in [0.5, 0.6) is 0 Å². The van der Waals surface area contributed by atoms with Crippen molar-refractivity contribution in [2.75, 3.05) is 0 Å². The summed E-state index contributed by atoms with van der Waals surface area (Å²) in [6, 6.07) is 0. The predicted octanol–water partition coefficient (Wildman–Crippen LogP) is 7.37. The van der Waals surface area contributed by atoms with Crippen LogP contribution in [0.2, 0.25) is 0 Å². The second-order valence-electron chi connectivity index (χ2n) is 14.7. The molecule has 8 bridgehead atoms. The van der Waals surface area contributed by atoms with Crippen molar-refractivity contribution in [2.24, 2.45) is 43.8 Å². The normalized spacial score (nSPS) is 70.2. The maximum Gasteiger partial charge on any atom is -0.0225 e. The van der Waals surface area contributed by atoms with Gasteiger partial charge in [-0.15, -0.1) is 0 Å². The third-order valence-corrected chi connectivity index (χ3v) is 10.6. The molecule has 0 nitrogen and oxygen atoms in total. The van der Waals surface area contributed by atoms with Gasteiger partial charge in [-0.3, -0.25) is 0 Å². The minimum absolute atomic E-state index is 0.656. The summed E-state index contributed by atoms with van der Waals surface area (Å²) < 4.78 is 0. The molecule has 2 atom stereocenters. The molecule has 8 aliphatic carbocycles. The van der Waals surface area contributed by atoms with Crippen molar-refractivity contribution >= 4 is 0 Å². The zero-order valence-electron chi connectivity index (χ0n) is 17.6. The summed E-state index contributed by atoms with van der Waals surface area (Å²) in [7, 11) is 0. The van der Waals surface area contributed by atoms with E-state index in [9.17, 15) is 0 Å². The highest BCUT2D eigenvalue weighted by atomic mass is 14.8. The Morgan fingerprint density at radius 2 is 0.760 bits per heavy atom. The van der Waals surface area contributed by atoms with E-state index in [0.29, 0.717) is 37.9 Å². The van der Waals surface area contributed by atoms with E-state index in [-0.39, 0.29) is 0 Å². The van der Waals surface area contributed by atoms with Gasteiger partial charge < -0.3 is 0 Å². The molecule has 0 saturated heterocycles. The molecule has 2 unspecified atom stereocenters. The molecule has 0 radical (unpaired) electrons. The van der Waals surface area contributed by atoms with Crippen LogP contribution in [-0.2, 0) is 0 Å². The van der Waals surface area contributed by atoms with E-state index in [0.717, 1.165) is 5.92 Å². The molecule has 140 valence electrons. The Bertz CT molecular complexity index is 583. The van der Waals surface area contributed by atoms with Crippen molar-refractivity contribution in [3.05, 3.63) is 0 Å². The van der Waals surface area contributed by atoms with Crippen LogP contribution in [0.15, 0.2) is 0 Å². The summed E-state index contributed by atoms with van der Waals surface area (Å²) in [5.41, 5.74) is 4.74. The zero-order chi connectivity index (χ0) is 17.6. The second-order valence-corrected chi connectivity index (χ2v) is 14.7. The average Bonchev–Trinajstić information content (AvgIpc) is 2.26. The van der Waals surface area contributed by atoms with Crippen LogP contribution in [0, 0.1) is 43.8 Å². The van der Waals surface area contributed by atoms with Crippen molar-refractivity contribution in [3.63, 3.8) is 0 Å². The average molecular weight is 341 g/mol. The topological polar surface area (TPSA) is 0 Å². The molecule has 8 rings (SSSR count). The quantitative estimate of drug-likeness (QED) is 0.467. The Labute approximate surface area is 155 Å². The summed E-state index contributed by atoms with van der Waals surface area (Å²) in [6.07, 6.45) is 18.8. The van der Waals surface area contributed by atoms with Crippen LogP contribution in [0.3, 0.4) is 0 Å². The van der Waals surface area contributed by atoms with Crippen molar-refractivity contribution in [1.29, 1.82) is 0 Å². The van der Waals surface area contributed by atoms with Crippen LogP contribution in [0.25, 0.3) is 0 Å². The molecule has 0 heteroatoms. The highest BCUT2D eigenvalue weighted by Gasteiger charge is 2.73. The summed E-state index contributed by atoms with van der Waals surface area (Å²) in [6.45, 7) is 13.5. The highest BCUT2D eigenvalue weighted by molar-refractivity contribution is 5.23. The lowest BCUT2D eigenvalue weighted by molar-refractivity contribution is -0.280. The number of hydrogen-bond donors (Lipinski definition) is 0. The van der Waals surface area contributed by atoms with Crippen LogP contribution in [0.1, 0.15) is 112 Å². The first-order chi connectivity index (χ1) is 11.4. The van der Waals surface area contributed by atoms with Gasteiger partial charge in [0.1, 0.15) is 0 Å². The molecule has 0 heterocycles. The Balaban J connectivity index is 1.51. The van der Waals surface area contributed by atoms with Gasteiger partial charge in [0.2, 0.25) is 0 Å². The van der Waals surface area contributed by atoms with Gasteiger partial charge in [0, 0.05) is 0 Å². The van der Waals surface area contributed by atoms with Gasteiger partial charge in [0.15, 0.2) is 0 Å². The molecule has 8 saturated carbocycles. The first kappa shape index (κ1) is 16.0. The fraction of sp³-hybridized carbons (Fsp3) is 1.00. The summed E-state index contributed by atoms with van der Waals surface area (Å²) in [5, 5.41) is 0. The SMILES string of the molecule is CC12CC3CC(C)(C1)CC(C14CC5(C)CC(C)(CC(C)(C5)C1)C4)(C3)C2. The number of hydrogen-bond acceptors (Lipinski definition) is 0. The molecule has 0 aromatic heterocycles. The predicted molar refractivity (Wildman–Crippen MR) is 104 cm³/mol. The van der Waals surface area contributed by atoms with Crippen molar-refractivity contribution in [3.8, 4) is 0 Å². The van der Waals surface area contributed by atoms with Gasteiger partial charge in [0.25, 0.3) is 0 Å². The van der Waals surface area contributed by atoms with Gasteiger partial charge in [0.05, 0.1) is 0 Å².